The maximum atomic E-state index is 11.6. The quantitative estimate of drug-likeness (QED) is 0.298. The van der Waals surface area contributed by atoms with E-state index in [1.807, 2.05) is 13.0 Å². The van der Waals surface area contributed by atoms with Crippen molar-refractivity contribution in [3.8, 4) is 0 Å². The molecule has 1 saturated heterocycles. The van der Waals surface area contributed by atoms with E-state index in [1.54, 1.807) is 6.08 Å². The van der Waals surface area contributed by atoms with Gasteiger partial charge < -0.3 is 9.84 Å². The number of epoxide rings is 1. The molecule has 0 aromatic heterocycles. The first-order valence-electron chi connectivity index (χ1n) is 5.83. The number of ketones is 1. The van der Waals surface area contributed by atoms with Gasteiger partial charge in [-0.15, -0.1) is 0 Å². The third-order valence-corrected chi connectivity index (χ3v) is 2.53. The van der Waals surface area contributed by atoms with Gasteiger partial charge in [0.15, 0.2) is 5.78 Å². The Bertz CT molecular complexity index is 326. The van der Waals surface area contributed by atoms with Crippen molar-refractivity contribution in [1.29, 1.82) is 0 Å². The molecule has 0 amide bonds. The second kappa shape index (κ2) is 7.14. The Kier molecular flexibility index (Phi) is 5.80. The maximum Gasteiger partial charge on any atom is 0.166 e. The molecule has 0 bridgehead atoms. The lowest BCUT2D eigenvalue weighted by Gasteiger charge is -2.07. The van der Waals surface area contributed by atoms with Crippen LogP contribution in [0.5, 0.6) is 0 Å². The zero-order valence-electron chi connectivity index (χ0n) is 9.96. The molecular formula is C13H18O4. The molecule has 0 aromatic carbocycles. The minimum absolute atomic E-state index is 0.108. The molecule has 1 N–H and O–H groups in total. The van der Waals surface area contributed by atoms with E-state index >= 15 is 0 Å². The van der Waals surface area contributed by atoms with Crippen LogP contribution in [0.3, 0.4) is 0 Å². The molecular weight excluding hydrogens is 220 g/mol. The van der Waals surface area contributed by atoms with E-state index in [9.17, 15) is 14.7 Å². The van der Waals surface area contributed by atoms with E-state index in [4.69, 9.17) is 4.74 Å². The van der Waals surface area contributed by atoms with E-state index in [-0.39, 0.29) is 23.9 Å². The number of allylic oxidation sites excluding steroid dienone is 3. The predicted molar refractivity (Wildman–Crippen MR) is 63.6 cm³/mol. The van der Waals surface area contributed by atoms with Crippen molar-refractivity contribution in [3.63, 3.8) is 0 Å². The Morgan fingerprint density at radius 2 is 2.29 bits per heavy atom. The van der Waals surface area contributed by atoms with Gasteiger partial charge in [-0.1, -0.05) is 25.2 Å². The molecule has 0 radical (unpaired) electrons. The maximum absolute atomic E-state index is 11.6. The van der Waals surface area contributed by atoms with Gasteiger partial charge in [0, 0.05) is 12.0 Å². The Balaban J connectivity index is 2.47. The molecule has 4 nitrogen and oxygen atoms in total. The normalized spacial score (nSPS) is 21.5. The molecule has 1 fully saturated rings. The van der Waals surface area contributed by atoms with Crippen LogP contribution in [0.15, 0.2) is 23.8 Å². The van der Waals surface area contributed by atoms with Gasteiger partial charge in [0.2, 0.25) is 0 Å². The molecule has 1 aliphatic rings. The predicted octanol–water partition coefficient (Wildman–Crippen LogP) is 1.19. The molecule has 0 saturated carbocycles. The molecule has 1 heterocycles. The second-order valence-electron chi connectivity index (χ2n) is 3.98. The highest BCUT2D eigenvalue weighted by atomic mass is 16.6. The smallest absolute Gasteiger partial charge is 0.166 e. The summed E-state index contributed by atoms with van der Waals surface area (Å²) in [4.78, 5) is 22.3. The number of aliphatic hydroxyl groups is 1. The average Bonchev–Trinajstić information content (AvgIpc) is 3.15. The lowest BCUT2D eigenvalue weighted by Crippen LogP contribution is -2.23. The lowest BCUT2D eigenvalue weighted by atomic mass is 10.0. The fourth-order valence-electron chi connectivity index (χ4n) is 1.37. The van der Waals surface area contributed by atoms with E-state index in [0.717, 1.165) is 6.42 Å². The summed E-state index contributed by atoms with van der Waals surface area (Å²) in [5.74, 6) is -0.330. The number of carbonyl (C=O) groups excluding carboxylic acids is 2. The van der Waals surface area contributed by atoms with Crippen LogP contribution in [0.25, 0.3) is 0 Å². The van der Waals surface area contributed by atoms with Crippen LogP contribution in [0, 0.1) is 0 Å². The monoisotopic (exact) mass is 238 g/mol. The third-order valence-electron chi connectivity index (χ3n) is 2.53. The summed E-state index contributed by atoms with van der Waals surface area (Å²) in [7, 11) is 0. The highest BCUT2D eigenvalue weighted by Crippen LogP contribution is 2.17. The number of carbonyl (C=O) groups is 2. The number of aliphatic hydroxyl groups excluding tert-OH is 1. The number of hydrogen-bond acceptors (Lipinski definition) is 4. The Morgan fingerprint density at radius 3 is 2.82 bits per heavy atom. The molecule has 4 heteroatoms. The van der Waals surface area contributed by atoms with Gasteiger partial charge in [-0.2, -0.15) is 0 Å². The zero-order chi connectivity index (χ0) is 12.7. The largest absolute Gasteiger partial charge is 0.380 e. The summed E-state index contributed by atoms with van der Waals surface area (Å²) in [5.41, 5.74) is 0.108. The van der Waals surface area contributed by atoms with Crippen LogP contribution in [-0.4, -0.2) is 36.0 Å². The summed E-state index contributed by atoms with van der Waals surface area (Å²) in [6, 6.07) is 0. The number of rotatable bonds is 8. The molecule has 0 spiro atoms. The standard InChI is InChI=1S/C13H18O4/c1-2-3-4-5-10(8-14)13(16)12(15)7-6-11-9-17-11/h3-5,8,11,13,16H,2,6-7,9H2,1H3/b4-3+,10-5+/t11-,13+/m1/s1. The fraction of sp³-hybridized carbons (Fsp3) is 0.538. The summed E-state index contributed by atoms with van der Waals surface area (Å²) < 4.78 is 4.98. The summed E-state index contributed by atoms with van der Waals surface area (Å²) in [5, 5.41) is 9.69. The van der Waals surface area contributed by atoms with Gasteiger partial charge in [0.25, 0.3) is 0 Å². The third kappa shape index (κ3) is 5.06. The van der Waals surface area contributed by atoms with Gasteiger partial charge >= 0.3 is 0 Å². The SMILES string of the molecule is CC/C=C/C=C(\C=O)[C@H](O)C(=O)CC[C@@H]1CO1. The van der Waals surface area contributed by atoms with Crippen molar-refractivity contribution in [1.82, 2.24) is 0 Å². The highest BCUT2D eigenvalue weighted by molar-refractivity contribution is 5.93. The Morgan fingerprint density at radius 1 is 1.59 bits per heavy atom. The topological polar surface area (TPSA) is 66.9 Å². The van der Waals surface area contributed by atoms with Crippen LogP contribution >= 0.6 is 0 Å². The van der Waals surface area contributed by atoms with Crippen molar-refractivity contribution in [2.75, 3.05) is 6.61 Å². The van der Waals surface area contributed by atoms with Gasteiger partial charge in [-0.05, 0) is 12.8 Å². The first-order chi connectivity index (χ1) is 8.19. The van der Waals surface area contributed by atoms with Crippen molar-refractivity contribution < 1.29 is 19.4 Å². The van der Waals surface area contributed by atoms with E-state index in [0.29, 0.717) is 19.3 Å². The minimum Gasteiger partial charge on any atom is -0.380 e. The van der Waals surface area contributed by atoms with Crippen LogP contribution < -0.4 is 0 Å². The van der Waals surface area contributed by atoms with Crippen LogP contribution in [-0.2, 0) is 14.3 Å². The summed E-state index contributed by atoms with van der Waals surface area (Å²) in [6.45, 7) is 2.65. The number of Topliss-reactive ketones (excluding diaryl/α,β-unsaturated/α-hetero) is 1. The van der Waals surface area contributed by atoms with E-state index in [2.05, 4.69) is 0 Å². The molecule has 1 aliphatic heterocycles. The number of hydrogen-bond donors (Lipinski definition) is 1. The van der Waals surface area contributed by atoms with Crippen molar-refractivity contribution in [2.24, 2.45) is 0 Å². The lowest BCUT2D eigenvalue weighted by molar-refractivity contribution is -0.126. The average molecular weight is 238 g/mol. The van der Waals surface area contributed by atoms with Crippen molar-refractivity contribution in [2.45, 2.75) is 38.4 Å². The molecule has 1 rings (SSSR count). The van der Waals surface area contributed by atoms with Crippen LogP contribution in [0.1, 0.15) is 26.2 Å². The summed E-state index contributed by atoms with van der Waals surface area (Å²) >= 11 is 0. The second-order valence-corrected chi connectivity index (χ2v) is 3.98. The summed E-state index contributed by atoms with van der Waals surface area (Å²) in [6.07, 6.45) is 6.07. The Hall–Kier alpha value is -1.26. The molecule has 2 atom stereocenters. The number of aldehydes is 1. The highest BCUT2D eigenvalue weighted by Gasteiger charge is 2.26. The minimum atomic E-state index is -1.31. The van der Waals surface area contributed by atoms with Crippen molar-refractivity contribution >= 4 is 12.1 Å². The molecule has 17 heavy (non-hydrogen) atoms. The first-order valence-corrected chi connectivity index (χ1v) is 5.83. The van der Waals surface area contributed by atoms with Crippen LogP contribution in [0.2, 0.25) is 0 Å². The molecule has 94 valence electrons. The van der Waals surface area contributed by atoms with Crippen LogP contribution in [0.4, 0.5) is 0 Å². The van der Waals surface area contributed by atoms with Crippen molar-refractivity contribution in [3.05, 3.63) is 23.8 Å². The zero-order valence-corrected chi connectivity index (χ0v) is 9.96. The van der Waals surface area contributed by atoms with Gasteiger partial charge in [-0.3, -0.25) is 9.59 Å². The van der Waals surface area contributed by atoms with E-state index in [1.165, 1.54) is 6.08 Å². The van der Waals surface area contributed by atoms with Gasteiger partial charge in [0.05, 0.1) is 12.7 Å². The van der Waals surface area contributed by atoms with Gasteiger partial charge in [0.1, 0.15) is 12.4 Å². The first kappa shape index (κ1) is 13.8. The molecule has 0 aromatic rings. The van der Waals surface area contributed by atoms with Gasteiger partial charge in [-0.25, -0.2) is 0 Å². The Labute approximate surface area is 101 Å². The van der Waals surface area contributed by atoms with E-state index < -0.39 is 6.10 Å². The molecule has 0 aliphatic carbocycles. The fourth-order valence-corrected chi connectivity index (χ4v) is 1.37. The molecule has 0 unspecified atom stereocenters. The number of ether oxygens (including phenoxy) is 1.